The van der Waals surface area contributed by atoms with Crippen LogP contribution in [0.1, 0.15) is 18.0 Å². The summed E-state index contributed by atoms with van der Waals surface area (Å²) in [5.74, 6) is 0.507. The smallest absolute Gasteiger partial charge is 0.0473 e. The van der Waals surface area contributed by atoms with Gasteiger partial charge in [0.25, 0.3) is 0 Å². The first kappa shape index (κ1) is 7.35. The first-order valence-electron chi connectivity index (χ1n) is 4.28. The number of pyridine rings is 1. The Balaban J connectivity index is 2.19. The zero-order chi connectivity index (χ0) is 8.23. The van der Waals surface area contributed by atoms with Gasteiger partial charge in [0.05, 0.1) is 0 Å². The molecular weight excluding hydrogens is 148 g/mol. The molecule has 1 atom stereocenters. The van der Waals surface area contributed by atoms with Crippen LogP contribution in [-0.4, -0.2) is 11.5 Å². The largest absolute Gasteiger partial charge is 0.391 e. The summed E-state index contributed by atoms with van der Waals surface area (Å²) >= 11 is 0. The molecule has 0 bridgehead atoms. The molecule has 0 saturated heterocycles. The Labute approximate surface area is 72.3 Å². The second-order valence-corrected chi connectivity index (χ2v) is 2.96. The van der Waals surface area contributed by atoms with E-state index < -0.39 is 0 Å². The summed E-state index contributed by atoms with van der Waals surface area (Å²) in [5, 5.41) is 3.18. The summed E-state index contributed by atoms with van der Waals surface area (Å²) in [6.07, 6.45) is 7.19. The minimum Gasteiger partial charge on any atom is -0.391 e. The summed E-state index contributed by atoms with van der Waals surface area (Å²) in [6, 6.07) is 6.08. The molecule has 62 valence electrons. The summed E-state index contributed by atoms with van der Waals surface area (Å²) in [7, 11) is 0. The van der Waals surface area contributed by atoms with Crippen molar-refractivity contribution in [1.29, 1.82) is 0 Å². The van der Waals surface area contributed by atoms with Crippen LogP contribution in [-0.2, 0) is 0 Å². The third-order valence-corrected chi connectivity index (χ3v) is 2.11. The standard InChI is InChI=1S/C10H12N2/c1-2-6-12-10(3-1)9-4-7-11-8-5-9/h1-4,6-7,9,11H,5,8H2. The van der Waals surface area contributed by atoms with E-state index in [0.29, 0.717) is 5.92 Å². The van der Waals surface area contributed by atoms with Gasteiger partial charge in [-0.15, -0.1) is 0 Å². The van der Waals surface area contributed by atoms with E-state index >= 15 is 0 Å². The highest BCUT2D eigenvalue weighted by atomic mass is 14.8. The molecule has 1 N–H and O–H groups in total. The quantitative estimate of drug-likeness (QED) is 0.676. The van der Waals surface area contributed by atoms with Crippen LogP contribution in [0.5, 0.6) is 0 Å². The van der Waals surface area contributed by atoms with Crippen molar-refractivity contribution in [3.05, 3.63) is 42.4 Å². The van der Waals surface area contributed by atoms with Crippen LogP contribution in [0.25, 0.3) is 0 Å². The summed E-state index contributed by atoms with van der Waals surface area (Å²) in [4.78, 5) is 4.32. The number of allylic oxidation sites excluding steroid dienone is 1. The van der Waals surface area contributed by atoms with E-state index in [4.69, 9.17) is 0 Å². The Hall–Kier alpha value is -1.31. The molecule has 0 aromatic carbocycles. The Kier molecular flexibility index (Phi) is 2.08. The molecule has 0 saturated carbocycles. The lowest BCUT2D eigenvalue weighted by molar-refractivity contribution is 0.645. The maximum Gasteiger partial charge on any atom is 0.0473 e. The Morgan fingerprint density at radius 2 is 2.42 bits per heavy atom. The molecule has 0 amide bonds. The van der Waals surface area contributed by atoms with Crippen molar-refractivity contribution >= 4 is 0 Å². The van der Waals surface area contributed by atoms with Crippen molar-refractivity contribution in [3.63, 3.8) is 0 Å². The molecule has 1 unspecified atom stereocenters. The van der Waals surface area contributed by atoms with Gasteiger partial charge in [0.15, 0.2) is 0 Å². The van der Waals surface area contributed by atoms with Crippen LogP contribution in [0.3, 0.4) is 0 Å². The normalized spacial score (nSPS) is 21.8. The number of aromatic nitrogens is 1. The van der Waals surface area contributed by atoms with Crippen LogP contribution in [0, 0.1) is 0 Å². The zero-order valence-electron chi connectivity index (χ0n) is 6.90. The monoisotopic (exact) mass is 160 g/mol. The van der Waals surface area contributed by atoms with E-state index in [2.05, 4.69) is 22.4 Å². The van der Waals surface area contributed by atoms with Gasteiger partial charge < -0.3 is 5.32 Å². The molecule has 2 rings (SSSR count). The Morgan fingerprint density at radius 3 is 3.08 bits per heavy atom. The number of rotatable bonds is 1. The molecule has 0 fully saturated rings. The Bertz CT molecular complexity index is 266. The number of hydrogen-bond acceptors (Lipinski definition) is 2. The van der Waals surface area contributed by atoms with Gasteiger partial charge in [0.1, 0.15) is 0 Å². The number of nitrogens with zero attached hydrogens (tertiary/aromatic N) is 1. The van der Waals surface area contributed by atoms with Crippen LogP contribution in [0.15, 0.2) is 36.7 Å². The predicted octanol–water partition coefficient (Wildman–Crippen LogP) is 1.67. The SMILES string of the molecule is C1=CC(c2ccccn2)CCN1. The van der Waals surface area contributed by atoms with Gasteiger partial charge in [-0.1, -0.05) is 12.1 Å². The molecule has 1 aromatic rings. The highest BCUT2D eigenvalue weighted by Gasteiger charge is 2.10. The van der Waals surface area contributed by atoms with Gasteiger partial charge in [-0.05, 0) is 24.8 Å². The fourth-order valence-electron chi connectivity index (χ4n) is 1.44. The van der Waals surface area contributed by atoms with Crippen molar-refractivity contribution < 1.29 is 0 Å². The van der Waals surface area contributed by atoms with E-state index in [-0.39, 0.29) is 0 Å². The van der Waals surface area contributed by atoms with Crippen molar-refractivity contribution in [1.82, 2.24) is 10.3 Å². The van der Waals surface area contributed by atoms with E-state index in [1.165, 1.54) is 5.69 Å². The van der Waals surface area contributed by atoms with E-state index in [1.807, 2.05) is 24.5 Å². The first-order valence-corrected chi connectivity index (χ1v) is 4.28. The molecule has 1 aliphatic rings. The lowest BCUT2D eigenvalue weighted by Gasteiger charge is -2.16. The molecule has 2 heteroatoms. The van der Waals surface area contributed by atoms with Gasteiger partial charge in [0, 0.05) is 24.4 Å². The molecule has 12 heavy (non-hydrogen) atoms. The average Bonchev–Trinajstić information content (AvgIpc) is 2.21. The van der Waals surface area contributed by atoms with Crippen molar-refractivity contribution in [2.75, 3.05) is 6.54 Å². The molecule has 0 radical (unpaired) electrons. The van der Waals surface area contributed by atoms with Gasteiger partial charge in [0.2, 0.25) is 0 Å². The van der Waals surface area contributed by atoms with Crippen LogP contribution < -0.4 is 5.32 Å². The molecule has 2 nitrogen and oxygen atoms in total. The van der Waals surface area contributed by atoms with Crippen molar-refractivity contribution in [2.45, 2.75) is 12.3 Å². The second-order valence-electron chi connectivity index (χ2n) is 2.96. The van der Waals surface area contributed by atoms with Crippen LogP contribution in [0.4, 0.5) is 0 Å². The maximum atomic E-state index is 4.32. The minimum absolute atomic E-state index is 0.507. The molecule has 1 aromatic heterocycles. The van der Waals surface area contributed by atoms with Crippen molar-refractivity contribution in [2.24, 2.45) is 0 Å². The highest BCUT2D eigenvalue weighted by molar-refractivity contribution is 5.16. The molecule has 0 spiro atoms. The third-order valence-electron chi connectivity index (χ3n) is 2.11. The third kappa shape index (κ3) is 1.47. The molecular formula is C10H12N2. The Morgan fingerprint density at radius 1 is 1.42 bits per heavy atom. The summed E-state index contributed by atoms with van der Waals surface area (Å²) < 4.78 is 0. The summed E-state index contributed by atoms with van der Waals surface area (Å²) in [5.41, 5.74) is 1.18. The van der Waals surface area contributed by atoms with Gasteiger partial charge >= 0.3 is 0 Å². The van der Waals surface area contributed by atoms with Crippen LogP contribution in [0.2, 0.25) is 0 Å². The van der Waals surface area contributed by atoms with Gasteiger partial charge in [-0.3, -0.25) is 4.98 Å². The lowest BCUT2D eigenvalue weighted by atomic mass is 9.99. The van der Waals surface area contributed by atoms with Gasteiger partial charge in [-0.2, -0.15) is 0 Å². The maximum absolute atomic E-state index is 4.32. The van der Waals surface area contributed by atoms with Crippen LogP contribution >= 0.6 is 0 Å². The zero-order valence-corrected chi connectivity index (χ0v) is 6.90. The molecule has 2 heterocycles. The van der Waals surface area contributed by atoms with Crippen molar-refractivity contribution in [3.8, 4) is 0 Å². The molecule has 0 aliphatic carbocycles. The number of nitrogens with one attached hydrogen (secondary N) is 1. The second kappa shape index (κ2) is 3.39. The molecule has 1 aliphatic heterocycles. The first-order chi connectivity index (χ1) is 5.97. The topological polar surface area (TPSA) is 24.9 Å². The van der Waals surface area contributed by atoms with E-state index in [0.717, 1.165) is 13.0 Å². The summed E-state index contributed by atoms with van der Waals surface area (Å²) in [6.45, 7) is 1.05. The predicted molar refractivity (Wildman–Crippen MR) is 48.7 cm³/mol. The fraction of sp³-hybridized carbons (Fsp3) is 0.300. The van der Waals surface area contributed by atoms with E-state index in [1.54, 1.807) is 0 Å². The fourth-order valence-corrected chi connectivity index (χ4v) is 1.44. The lowest BCUT2D eigenvalue weighted by Crippen LogP contribution is -2.16. The van der Waals surface area contributed by atoms with Gasteiger partial charge in [-0.25, -0.2) is 0 Å². The van der Waals surface area contributed by atoms with E-state index in [9.17, 15) is 0 Å². The number of hydrogen-bond donors (Lipinski definition) is 1. The minimum atomic E-state index is 0.507. The average molecular weight is 160 g/mol. The highest BCUT2D eigenvalue weighted by Crippen LogP contribution is 2.19.